The number of pyridine rings is 2. The molecule has 2 aliphatic rings. The van der Waals surface area contributed by atoms with Crippen LogP contribution in [0.4, 0.5) is 5.82 Å². The number of aryl methyl sites for hydroxylation is 1. The van der Waals surface area contributed by atoms with Gasteiger partial charge in [0.1, 0.15) is 11.9 Å². The van der Waals surface area contributed by atoms with Crippen LogP contribution in [0.2, 0.25) is 0 Å². The quantitative estimate of drug-likeness (QED) is 0.173. The van der Waals surface area contributed by atoms with E-state index in [2.05, 4.69) is 17.0 Å². The molecule has 10 heteroatoms. The number of Topliss-reactive ketones (excluding diaryl/α,β-unsaturated/α-hetero) is 1. The Morgan fingerprint density at radius 2 is 1.56 bits per heavy atom. The van der Waals surface area contributed by atoms with Crippen molar-refractivity contribution in [3.63, 3.8) is 0 Å². The van der Waals surface area contributed by atoms with E-state index >= 15 is 0 Å². The molecule has 258 valence electrons. The van der Waals surface area contributed by atoms with Gasteiger partial charge in [0.2, 0.25) is 0 Å². The molecule has 5 heterocycles. The Balaban J connectivity index is 1.10. The van der Waals surface area contributed by atoms with Crippen LogP contribution in [0.5, 0.6) is 0 Å². The number of aromatic nitrogens is 4. The zero-order valence-corrected chi connectivity index (χ0v) is 28.4. The maximum absolute atomic E-state index is 13.8. The van der Waals surface area contributed by atoms with Crippen LogP contribution < -0.4 is 11.2 Å². The normalized spacial score (nSPS) is 16.8. The zero-order valence-electron chi connectivity index (χ0n) is 28.4. The van der Waals surface area contributed by atoms with Crippen LogP contribution in [0.1, 0.15) is 41.3 Å². The predicted octanol–water partition coefficient (Wildman–Crippen LogP) is 5.85. The van der Waals surface area contributed by atoms with E-state index < -0.39 is 0 Å². The molecule has 0 saturated carbocycles. The fourth-order valence-corrected chi connectivity index (χ4v) is 6.70. The Morgan fingerprint density at radius 3 is 2.28 bits per heavy atom. The largest absolute Gasteiger partial charge is 0.383 e. The van der Waals surface area contributed by atoms with Crippen molar-refractivity contribution in [3.05, 3.63) is 112 Å². The molecular formula is C40H43N5O5. The van der Waals surface area contributed by atoms with Crippen LogP contribution in [-0.2, 0) is 40.1 Å². The number of ketones is 1. The number of ether oxygens (including phenoxy) is 3. The van der Waals surface area contributed by atoms with E-state index in [1.165, 1.54) is 5.56 Å². The van der Waals surface area contributed by atoms with Crippen molar-refractivity contribution in [1.29, 1.82) is 0 Å². The maximum Gasteiger partial charge on any atom is 0.200 e. The third kappa shape index (κ3) is 7.78. The number of hydrogen-bond acceptors (Lipinski definition) is 8. The molecule has 2 N–H and O–H groups in total. The van der Waals surface area contributed by atoms with Crippen molar-refractivity contribution in [2.75, 3.05) is 38.8 Å². The van der Waals surface area contributed by atoms with Crippen LogP contribution in [0, 0.1) is 5.92 Å². The topological polar surface area (TPSA) is 123 Å². The molecule has 5 aromatic rings. The fourth-order valence-electron chi connectivity index (χ4n) is 6.70. The van der Waals surface area contributed by atoms with Gasteiger partial charge < -0.3 is 24.5 Å². The highest BCUT2D eigenvalue weighted by molar-refractivity contribution is 5.98. The van der Waals surface area contributed by atoms with Gasteiger partial charge in [0.15, 0.2) is 11.2 Å². The van der Waals surface area contributed by atoms with E-state index in [0.717, 1.165) is 72.4 Å². The molecule has 0 radical (unpaired) electrons. The molecule has 2 saturated heterocycles. The van der Waals surface area contributed by atoms with Crippen LogP contribution in [-0.4, -0.2) is 64.3 Å². The summed E-state index contributed by atoms with van der Waals surface area (Å²) in [5, 5.41) is 4.51. The Hall–Kier alpha value is -4.90. The van der Waals surface area contributed by atoms with E-state index in [9.17, 15) is 9.59 Å². The molecule has 3 aromatic heterocycles. The van der Waals surface area contributed by atoms with Gasteiger partial charge in [-0.3, -0.25) is 14.3 Å². The van der Waals surface area contributed by atoms with Gasteiger partial charge in [-0.05, 0) is 53.5 Å². The fraction of sp³-hybridized carbons (Fsp3) is 0.350. The molecule has 10 nitrogen and oxygen atoms in total. The molecule has 2 aromatic carbocycles. The third-order valence-corrected chi connectivity index (χ3v) is 9.65. The number of hydrogen-bond donors (Lipinski definition) is 1. The van der Waals surface area contributed by atoms with E-state index in [1.54, 1.807) is 12.4 Å². The Labute approximate surface area is 291 Å². The summed E-state index contributed by atoms with van der Waals surface area (Å²) in [5.41, 5.74) is 13.2. The second kappa shape index (κ2) is 15.3. The van der Waals surface area contributed by atoms with E-state index in [1.807, 2.05) is 82.4 Å². The van der Waals surface area contributed by atoms with Crippen LogP contribution >= 0.6 is 0 Å². The Morgan fingerprint density at radius 1 is 0.820 bits per heavy atom. The van der Waals surface area contributed by atoms with Gasteiger partial charge in [-0.2, -0.15) is 5.10 Å². The van der Waals surface area contributed by atoms with Crippen LogP contribution in [0.15, 0.2) is 90.4 Å². The molecule has 0 spiro atoms. The second-order valence-electron chi connectivity index (χ2n) is 13.2. The first-order valence-corrected chi connectivity index (χ1v) is 17.4. The first-order chi connectivity index (χ1) is 24.4. The smallest absolute Gasteiger partial charge is 0.200 e. The summed E-state index contributed by atoms with van der Waals surface area (Å²) in [6.07, 6.45) is 12.1. The number of rotatable bonds is 11. The lowest BCUT2D eigenvalue weighted by atomic mass is 9.96. The number of nitrogens with zero attached hydrogens (tertiary/aromatic N) is 4. The molecular weight excluding hydrogens is 630 g/mol. The summed E-state index contributed by atoms with van der Waals surface area (Å²) in [4.78, 5) is 32.1. The van der Waals surface area contributed by atoms with Crippen LogP contribution in [0.3, 0.4) is 0 Å². The standard InChI is InChI=1S/C40H43N5O5/c1-2-27-3-7-31(8-4-27)36-24-44(21-29-11-13-48-14-12-29)25-37(39(36)47)38(46)17-28-5-9-30(10-6-28)35-18-32(19-42-40(35)41)33-20-43-45(22-33)23-34-26-49-15-16-50-34/h3-10,18-20,22,24-25,29,34H,2,11-17,21,23,26H2,1H3,(H2,41,42). The molecule has 7 rings (SSSR count). The van der Waals surface area contributed by atoms with Crippen molar-refractivity contribution in [1.82, 2.24) is 19.3 Å². The van der Waals surface area contributed by atoms with Crippen LogP contribution in [0.25, 0.3) is 33.4 Å². The highest BCUT2D eigenvalue weighted by Gasteiger charge is 2.20. The molecule has 1 atom stereocenters. The highest BCUT2D eigenvalue weighted by atomic mass is 16.6. The number of carbonyl (C=O) groups excluding carboxylic acids is 1. The van der Waals surface area contributed by atoms with Gasteiger partial charge >= 0.3 is 0 Å². The lowest BCUT2D eigenvalue weighted by molar-refractivity contribution is -0.0946. The van der Waals surface area contributed by atoms with E-state index in [4.69, 9.17) is 19.9 Å². The third-order valence-electron chi connectivity index (χ3n) is 9.65. The number of nitrogen functional groups attached to an aromatic ring is 1. The number of benzene rings is 2. The summed E-state index contributed by atoms with van der Waals surface area (Å²) in [6, 6.07) is 17.8. The zero-order chi connectivity index (χ0) is 34.5. The monoisotopic (exact) mass is 673 g/mol. The summed E-state index contributed by atoms with van der Waals surface area (Å²) >= 11 is 0. The van der Waals surface area contributed by atoms with Crippen molar-refractivity contribution in [3.8, 4) is 33.4 Å². The average molecular weight is 674 g/mol. The lowest BCUT2D eigenvalue weighted by Crippen LogP contribution is -2.32. The molecule has 2 aliphatic heterocycles. The minimum atomic E-state index is -0.238. The van der Waals surface area contributed by atoms with Gasteiger partial charge in [-0.15, -0.1) is 0 Å². The maximum atomic E-state index is 13.8. The van der Waals surface area contributed by atoms with Crippen molar-refractivity contribution in [2.24, 2.45) is 5.92 Å². The summed E-state index contributed by atoms with van der Waals surface area (Å²) in [5.74, 6) is 0.632. The first kappa shape index (κ1) is 33.6. The Bertz CT molecular complexity index is 1990. The van der Waals surface area contributed by atoms with Gasteiger partial charge in [0.25, 0.3) is 0 Å². The SMILES string of the molecule is CCc1ccc(-c2cn(CC3CCOCC3)cc(C(=O)Cc3ccc(-c4cc(-c5cnn(CC6COCCO6)c5)cnc4N)cc3)c2=O)cc1. The second-order valence-corrected chi connectivity index (χ2v) is 13.2. The molecule has 50 heavy (non-hydrogen) atoms. The van der Waals surface area contributed by atoms with Gasteiger partial charge in [0, 0.05) is 73.2 Å². The average Bonchev–Trinajstić information content (AvgIpc) is 3.62. The van der Waals surface area contributed by atoms with Crippen molar-refractivity contribution in [2.45, 2.75) is 51.8 Å². The minimum absolute atomic E-state index is 0.0259. The highest BCUT2D eigenvalue weighted by Crippen LogP contribution is 2.30. The summed E-state index contributed by atoms with van der Waals surface area (Å²) < 4.78 is 20.7. The molecule has 0 amide bonds. The molecule has 0 bridgehead atoms. The first-order valence-electron chi connectivity index (χ1n) is 17.4. The van der Waals surface area contributed by atoms with Crippen molar-refractivity contribution >= 4 is 11.6 Å². The van der Waals surface area contributed by atoms with Crippen molar-refractivity contribution < 1.29 is 19.0 Å². The number of anilines is 1. The molecule has 0 aliphatic carbocycles. The molecule has 1 unspecified atom stereocenters. The Kier molecular flexibility index (Phi) is 10.3. The minimum Gasteiger partial charge on any atom is -0.383 e. The summed E-state index contributed by atoms with van der Waals surface area (Å²) in [7, 11) is 0. The summed E-state index contributed by atoms with van der Waals surface area (Å²) in [6.45, 7) is 6.69. The lowest BCUT2D eigenvalue weighted by Gasteiger charge is -2.23. The van der Waals surface area contributed by atoms with Gasteiger partial charge in [0.05, 0.1) is 38.1 Å². The number of carbonyl (C=O) groups is 1. The van der Waals surface area contributed by atoms with E-state index in [-0.39, 0.29) is 29.3 Å². The van der Waals surface area contributed by atoms with Gasteiger partial charge in [-0.1, -0.05) is 55.5 Å². The molecule has 2 fully saturated rings. The number of nitrogens with two attached hydrogens (primary N) is 1. The van der Waals surface area contributed by atoms with E-state index in [0.29, 0.717) is 43.7 Å². The predicted molar refractivity (Wildman–Crippen MR) is 193 cm³/mol. The van der Waals surface area contributed by atoms with Gasteiger partial charge in [-0.25, -0.2) is 4.98 Å².